The van der Waals surface area contributed by atoms with Gasteiger partial charge in [0.1, 0.15) is 0 Å². The summed E-state index contributed by atoms with van der Waals surface area (Å²) >= 11 is 0. The first kappa shape index (κ1) is 12.9. The van der Waals surface area contributed by atoms with Gasteiger partial charge in [0, 0.05) is 12.1 Å². The van der Waals surface area contributed by atoms with E-state index in [0.29, 0.717) is 6.54 Å². The van der Waals surface area contributed by atoms with Crippen LogP contribution in [0.2, 0.25) is 0 Å². The molecular formula is C10H22N2O2S. The quantitative estimate of drug-likeness (QED) is 0.757. The van der Waals surface area contributed by atoms with Crippen molar-refractivity contribution in [3.8, 4) is 0 Å². The number of hydrogen-bond donors (Lipinski definition) is 2. The normalized spacial score (nSPS) is 21.1. The predicted octanol–water partition coefficient (Wildman–Crippen LogP) is 0.833. The summed E-state index contributed by atoms with van der Waals surface area (Å²) in [5, 5.41) is 0. The molecule has 0 spiro atoms. The monoisotopic (exact) mass is 234 g/mol. The van der Waals surface area contributed by atoms with Gasteiger partial charge < -0.3 is 5.73 Å². The van der Waals surface area contributed by atoms with E-state index in [-0.39, 0.29) is 16.7 Å². The molecule has 0 saturated heterocycles. The lowest BCUT2D eigenvalue weighted by atomic mass is 9.78. The van der Waals surface area contributed by atoms with Gasteiger partial charge in [-0.1, -0.05) is 20.8 Å². The van der Waals surface area contributed by atoms with E-state index in [9.17, 15) is 8.42 Å². The van der Waals surface area contributed by atoms with Crippen molar-refractivity contribution in [3.63, 3.8) is 0 Å². The van der Waals surface area contributed by atoms with E-state index in [2.05, 4.69) is 4.72 Å². The van der Waals surface area contributed by atoms with Gasteiger partial charge in [0.05, 0.1) is 5.75 Å². The highest BCUT2D eigenvalue weighted by atomic mass is 32.2. The van der Waals surface area contributed by atoms with Crippen molar-refractivity contribution >= 4 is 10.0 Å². The molecular weight excluding hydrogens is 212 g/mol. The number of hydrogen-bond acceptors (Lipinski definition) is 3. The molecule has 0 aromatic heterocycles. The molecule has 15 heavy (non-hydrogen) atoms. The molecule has 0 atom stereocenters. The third-order valence-corrected chi connectivity index (χ3v) is 4.45. The second-order valence-electron chi connectivity index (χ2n) is 5.86. The van der Waals surface area contributed by atoms with Crippen LogP contribution >= 0.6 is 0 Å². The Labute approximate surface area is 92.7 Å². The Bertz CT molecular complexity index is 313. The summed E-state index contributed by atoms with van der Waals surface area (Å²) in [6, 6.07) is 0. The topological polar surface area (TPSA) is 72.2 Å². The van der Waals surface area contributed by atoms with Crippen LogP contribution in [0.3, 0.4) is 0 Å². The minimum Gasteiger partial charge on any atom is -0.324 e. The van der Waals surface area contributed by atoms with Crippen LogP contribution in [0.1, 0.15) is 40.0 Å². The summed E-state index contributed by atoms with van der Waals surface area (Å²) in [7, 11) is -3.18. The molecule has 0 amide bonds. The Kier molecular flexibility index (Phi) is 3.48. The molecule has 1 saturated carbocycles. The van der Waals surface area contributed by atoms with E-state index in [1.807, 2.05) is 20.8 Å². The van der Waals surface area contributed by atoms with Gasteiger partial charge >= 0.3 is 0 Å². The van der Waals surface area contributed by atoms with E-state index in [0.717, 1.165) is 19.3 Å². The van der Waals surface area contributed by atoms with Crippen molar-refractivity contribution in [1.82, 2.24) is 4.72 Å². The number of rotatable bonds is 4. The van der Waals surface area contributed by atoms with Crippen molar-refractivity contribution in [1.29, 1.82) is 0 Å². The van der Waals surface area contributed by atoms with Crippen molar-refractivity contribution in [2.24, 2.45) is 11.1 Å². The van der Waals surface area contributed by atoms with Crippen molar-refractivity contribution in [2.75, 3.05) is 12.3 Å². The zero-order valence-electron chi connectivity index (χ0n) is 9.84. The molecule has 90 valence electrons. The summed E-state index contributed by atoms with van der Waals surface area (Å²) in [4.78, 5) is 0. The molecule has 3 N–H and O–H groups in total. The second kappa shape index (κ2) is 4.03. The number of nitrogens with one attached hydrogen (secondary N) is 1. The molecule has 1 rings (SSSR count). The fourth-order valence-corrected chi connectivity index (χ4v) is 3.43. The third-order valence-electron chi connectivity index (χ3n) is 2.62. The number of sulfonamides is 1. The fraction of sp³-hybridized carbons (Fsp3) is 1.00. The van der Waals surface area contributed by atoms with Gasteiger partial charge in [-0.15, -0.1) is 0 Å². The lowest BCUT2D eigenvalue weighted by Crippen LogP contribution is -2.55. The van der Waals surface area contributed by atoms with Crippen LogP contribution in [-0.2, 0) is 10.0 Å². The molecule has 0 radical (unpaired) electrons. The standard InChI is InChI=1S/C10H22N2O2S/c1-9(2,3)8-15(13,14)12-7-10(11)5-4-6-10/h12H,4-8,11H2,1-3H3. The Morgan fingerprint density at radius 2 is 1.87 bits per heavy atom. The molecule has 5 heteroatoms. The highest BCUT2D eigenvalue weighted by Gasteiger charge is 2.34. The molecule has 0 aromatic rings. The summed E-state index contributed by atoms with van der Waals surface area (Å²) < 4.78 is 25.9. The Morgan fingerprint density at radius 3 is 2.20 bits per heavy atom. The average molecular weight is 234 g/mol. The molecule has 4 nitrogen and oxygen atoms in total. The van der Waals surface area contributed by atoms with E-state index in [4.69, 9.17) is 5.73 Å². The van der Waals surface area contributed by atoms with Crippen LogP contribution in [0.25, 0.3) is 0 Å². The maximum Gasteiger partial charge on any atom is 0.212 e. The molecule has 0 bridgehead atoms. The van der Waals surface area contributed by atoms with E-state index in [1.54, 1.807) is 0 Å². The Balaban J connectivity index is 2.43. The Hall–Kier alpha value is -0.130. The fourth-order valence-electron chi connectivity index (χ4n) is 1.68. The highest BCUT2D eigenvalue weighted by Crippen LogP contribution is 2.28. The molecule has 0 aliphatic heterocycles. The van der Waals surface area contributed by atoms with Crippen LogP contribution in [0, 0.1) is 5.41 Å². The predicted molar refractivity (Wildman–Crippen MR) is 62.0 cm³/mol. The van der Waals surface area contributed by atoms with Gasteiger partial charge in [-0.3, -0.25) is 0 Å². The van der Waals surface area contributed by atoms with Crippen LogP contribution < -0.4 is 10.5 Å². The van der Waals surface area contributed by atoms with Crippen LogP contribution in [0.4, 0.5) is 0 Å². The van der Waals surface area contributed by atoms with Gasteiger partial charge in [0.2, 0.25) is 10.0 Å². The van der Waals surface area contributed by atoms with Crippen LogP contribution in [-0.4, -0.2) is 26.3 Å². The van der Waals surface area contributed by atoms with Crippen LogP contribution in [0.15, 0.2) is 0 Å². The number of nitrogens with two attached hydrogens (primary N) is 1. The zero-order chi connectivity index (χ0) is 11.7. The highest BCUT2D eigenvalue weighted by molar-refractivity contribution is 7.89. The van der Waals surface area contributed by atoms with Gasteiger partial charge in [0.15, 0.2) is 0 Å². The third kappa shape index (κ3) is 4.49. The largest absolute Gasteiger partial charge is 0.324 e. The molecule has 0 unspecified atom stereocenters. The maximum absolute atomic E-state index is 11.7. The minimum absolute atomic E-state index is 0.149. The summed E-state index contributed by atoms with van der Waals surface area (Å²) in [5.74, 6) is 0.149. The molecule has 1 fully saturated rings. The van der Waals surface area contributed by atoms with E-state index in [1.165, 1.54) is 0 Å². The molecule has 0 heterocycles. The lowest BCUT2D eigenvalue weighted by Gasteiger charge is -2.38. The first-order valence-electron chi connectivity index (χ1n) is 5.38. The van der Waals surface area contributed by atoms with Crippen LogP contribution in [0.5, 0.6) is 0 Å². The zero-order valence-corrected chi connectivity index (χ0v) is 10.7. The van der Waals surface area contributed by atoms with E-state index < -0.39 is 10.0 Å². The van der Waals surface area contributed by atoms with Crippen molar-refractivity contribution in [2.45, 2.75) is 45.6 Å². The summed E-state index contributed by atoms with van der Waals surface area (Å²) in [6.07, 6.45) is 2.95. The van der Waals surface area contributed by atoms with Crippen molar-refractivity contribution in [3.05, 3.63) is 0 Å². The molecule has 1 aliphatic rings. The summed E-state index contributed by atoms with van der Waals surface area (Å²) in [5.41, 5.74) is 5.44. The molecule has 0 aromatic carbocycles. The SMILES string of the molecule is CC(C)(C)CS(=O)(=O)NCC1(N)CCC1. The summed E-state index contributed by atoms with van der Waals surface area (Å²) in [6.45, 7) is 6.11. The second-order valence-corrected chi connectivity index (χ2v) is 7.66. The molecule has 1 aliphatic carbocycles. The Morgan fingerprint density at radius 1 is 1.33 bits per heavy atom. The van der Waals surface area contributed by atoms with Gasteiger partial charge in [-0.2, -0.15) is 0 Å². The van der Waals surface area contributed by atoms with Crippen molar-refractivity contribution < 1.29 is 8.42 Å². The maximum atomic E-state index is 11.7. The first-order chi connectivity index (χ1) is 6.62. The van der Waals surface area contributed by atoms with Gasteiger partial charge in [-0.25, -0.2) is 13.1 Å². The van der Waals surface area contributed by atoms with E-state index >= 15 is 0 Å². The minimum atomic E-state index is -3.18. The smallest absolute Gasteiger partial charge is 0.212 e. The van der Waals surface area contributed by atoms with Gasteiger partial charge in [-0.05, 0) is 24.7 Å². The lowest BCUT2D eigenvalue weighted by molar-refractivity contribution is 0.250. The first-order valence-corrected chi connectivity index (χ1v) is 7.03. The van der Waals surface area contributed by atoms with Gasteiger partial charge in [0.25, 0.3) is 0 Å². The average Bonchev–Trinajstić information content (AvgIpc) is 1.92.